The van der Waals surface area contributed by atoms with Crippen LogP contribution in [0.2, 0.25) is 5.02 Å². The second kappa shape index (κ2) is 5.95. The van der Waals surface area contributed by atoms with Gasteiger partial charge in [-0.25, -0.2) is 9.97 Å². The highest BCUT2D eigenvalue weighted by molar-refractivity contribution is 6.30. The van der Waals surface area contributed by atoms with Crippen LogP contribution in [0.5, 0.6) is 0 Å². The number of halogens is 1. The average Bonchev–Trinajstić information content (AvgIpc) is 3.37. The number of benzene rings is 1. The Hall–Kier alpha value is -2.14. The van der Waals surface area contributed by atoms with Crippen molar-refractivity contribution in [3.05, 3.63) is 51.9 Å². The Bertz CT molecular complexity index is 891. The van der Waals surface area contributed by atoms with Crippen LogP contribution >= 0.6 is 11.6 Å². The van der Waals surface area contributed by atoms with Crippen molar-refractivity contribution < 1.29 is 4.79 Å². The molecule has 1 amide bonds. The Morgan fingerprint density at radius 3 is 2.69 bits per heavy atom. The molecular weight excluding hydrogens is 348 g/mol. The Kier molecular flexibility index (Phi) is 3.67. The average molecular weight is 369 g/mol. The lowest BCUT2D eigenvalue weighted by atomic mass is 10.1. The molecule has 5 nitrogen and oxygen atoms in total. The monoisotopic (exact) mass is 368 g/mol. The molecule has 0 bridgehead atoms. The fourth-order valence-electron chi connectivity index (χ4n) is 3.85. The molecule has 134 valence electrons. The van der Waals surface area contributed by atoms with Gasteiger partial charge in [0.1, 0.15) is 11.6 Å². The van der Waals surface area contributed by atoms with Gasteiger partial charge in [-0.3, -0.25) is 4.79 Å². The van der Waals surface area contributed by atoms with Crippen molar-refractivity contribution in [1.29, 1.82) is 0 Å². The quantitative estimate of drug-likeness (QED) is 0.823. The summed E-state index contributed by atoms with van der Waals surface area (Å²) < 4.78 is 0. The van der Waals surface area contributed by atoms with Gasteiger partial charge >= 0.3 is 0 Å². The molecule has 6 heteroatoms. The number of carbonyl (C=O) groups is 1. The second-order valence-corrected chi connectivity index (χ2v) is 7.94. The number of rotatable bonds is 3. The van der Waals surface area contributed by atoms with E-state index in [9.17, 15) is 4.79 Å². The summed E-state index contributed by atoms with van der Waals surface area (Å²) in [7, 11) is 0. The third kappa shape index (κ3) is 2.57. The molecule has 1 aromatic carbocycles. The molecule has 26 heavy (non-hydrogen) atoms. The number of aromatic nitrogens is 2. The normalized spacial score (nSPS) is 21.5. The van der Waals surface area contributed by atoms with Gasteiger partial charge in [0.25, 0.3) is 5.91 Å². The number of hydrogen-bond acceptors (Lipinski definition) is 4. The molecule has 2 aromatic rings. The van der Waals surface area contributed by atoms with Gasteiger partial charge in [-0.05, 0) is 44.4 Å². The van der Waals surface area contributed by atoms with Crippen LogP contribution in [0.3, 0.4) is 0 Å². The van der Waals surface area contributed by atoms with E-state index >= 15 is 0 Å². The highest BCUT2D eigenvalue weighted by atomic mass is 35.5. The van der Waals surface area contributed by atoms with Gasteiger partial charge < -0.3 is 9.80 Å². The molecule has 1 saturated carbocycles. The fraction of sp³-hybridized carbons (Fsp3) is 0.450. The SMILES string of the molecule is CC1c2c(nc(C3CC3)nc2N2CCC2)CN1C(=O)c1cccc(Cl)c1. The first-order valence-electron chi connectivity index (χ1n) is 9.34. The molecule has 3 heterocycles. The lowest BCUT2D eigenvalue weighted by Crippen LogP contribution is -2.39. The summed E-state index contributed by atoms with van der Waals surface area (Å²) in [6, 6.07) is 7.13. The van der Waals surface area contributed by atoms with Gasteiger partial charge in [-0.1, -0.05) is 17.7 Å². The topological polar surface area (TPSA) is 49.3 Å². The van der Waals surface area contributed by atoms with Crippen LogP contribution in [-0.2, 0) is 6.54 Å². The van der Waals surface area contributed by atoms with E-state index in [1.54, 1.807) is 12.1 Å². The highest BCUT2D eigenvalue weighted by Crippen LogP contribution is 2.44. The van der Waals surface area contributed by atoms with E-state index < -0.39 is 0 Å². The van der Waals surface area contributed by atoms with Gasteiger partial charge in [0.2, 0.25) is 0 Å². The molecular formula is C20H21ClN4O. The maximum Gasteiger partial charge on any atom is 0.254 e. The van der Waals surface area contributed by atoms with Crippen LogP contribution in [0, 0.1) is 0 Å². The van der Waals surface area contributed by atoms with Gasteiger partial charge in [0.15, 0.2) is 0 Å². The first-order valence-corrected chi connectivity index (χ1v) is 9.72. The Morgan fingerprint density at radius 1 is 1.23 bits per heavy atom. The van der Waals surface area contributed by atoms with Crippen molar-refractivity contribution in [2.45, 2.75) is 44.7 Å². The van der Waals surface area contributed by atoms with Crippen LogP contribution in [0.4, 0.5) is 5.82 Å². The van der Waals surface area contributed by atoms with E-state index in [0.717, 1.165) is 36.0 Å². The maximum atomic E-state index is 13.1. The van der Waals surface area contributed by atoms with Crippen molar-refractivity contribution in [3.8, 4) is 0 Å². The van der Waals surface area contributed by atoms with Gasteiger partial charge in [-0.2, -0.15) is 0 Å². The Balaban J connectivity index is 1.52. The predicted molar refractivity (Wildman–Crippen MR) is 101 cm³/mol. The van der Waals surface area contributed by atoms with Crippen molar-refractivity contribution in [2.75, 3.05) is 18.0 Å². The Morgan fingerprint density at radius 2 is 2.04 bits per heavy atom. The molecule has 2 aliphatic heterocycles. The molecule has 1 unspecified atom stereocenters. The lowest BCUT2D eigenvalue weighted by molar-refractivity contribution is 0.0704. The summed E-state index contributed by atoms with van der Waals surface area (Å²) >= 11 is 6.08. The van der Waals surface area contributed by atoms with Crippen LogP contribution in [0.15, 0.2) is 24.3 Å². The second-order valence-electron chi connectivity index (χ2n) is 7.50. The zero-order valence-electron chi connectivity index (χ0n) is 14.8. The summed E-state index contributed by atoms with van der Waals surface area (Å²) in [4.78, 5) is 27.1. The molecule has 0 radical (unpaired) electrons. The Labute approximate surface area is 158 Å². The number of anilines is 1. The van der Waals surface area contributed by atoms with E-state index in [-0.39, 0.29) is 11.9 Å². The molecule has 1 saturated heterocycles. The van der Waals surface area contributed by atoms with E-state index in [1.807, 2.05) is 17.0 Å². The number of nitrogens with zero attached hydrogens (tertiary/aromatic N) is 4. The summed E-state index contributed by atoms with van der Waals surface area (Å²) in [5.41, 5.74) is 2.77. The molecule has 2 fully saturated rings. The van der Waals surface area contributed by atoms with Crippen molar-refractivity contribution in [3.63, 3.8) is 0 Å². The summed E-state index contributed by atoms with van der Waals surface area (Å²) in [5, 5.41) is 0.581. The maximum absolute atomic E-state index is 13.1. The largest absolute Gasteiger partial charge is 0.356 e. The predicted octanol–water partition coefficient (Wildman–Crippen LogP) is 3.93. The summed E-state index contributed by atoms with van der Waals surface area (Å²) in [6.07, 6.45) is 3.56. The molecule has 5 rings (SSSR count). The zero-order chi connectivity index (χ0) is 17.8. The van der Waals surface area contributed by atoms with Crippen molar-refractivity contribution >= 4 is 23.3 Å². The number of amides is 1. The first-order chi connectivity index (χ1) is 12.6. The van der Waals surface area contributed by atoms with Gasteiger partial charge in [0, 0.05) is 35.2 Å². The van der Waals surface area contributed by atoms with Crippen LogP contribution in [0.25, 0.3) is 0 Å². The van der Waals surface area contributed by atoms with Gasteiger partial charge in [-0.15, -0.1) is 0 Å². The van der Waals surface area contributed by atoms with E-state index in [0.29, 0.717) is 23.0 Å². The molecule has 0 N–H and O–H groups in total. The van der Waals surface area contributed by atoms with E-state index in [1.165, 1.54) is 19.3 Å². The number of hydrogen-bond donors (Lipinski definition) is 0. The van der Waals surface area contributed by atoms with E-state index in [4.69, 9.17) is 21.6 Å². The number of carbonyl (C=O) groups excluding carboxylic acids is 1. The van der Waals surface area contributed by atoms with E-state index in [2.05, 4.69) is 11.8 Å². The third-order valence-electron chi connectivity index (χ3n) is 5.66. The first kappa shape index (κ1) is 16.1. The minimum absolute atomic E-state index is 0.000492. The molecule has 0 spiro atoms. The van der Waals surface area contributed by atoms with Crippen molar-refractivity contribution in [1.82, 2.24) is 14.9 Å². The summed E-state index contributed by atoms with van der Waals surface area (Å²) in [6.45, 7) is 4.72. The molecule has 1 aromatic heterocycles. The molecule has 1 atom stereocenters. The summed E-state index contributed by atoms with van der Waals surface area (Å²) in [5.74, 6) is 2.53. The smallest absolute Gasteiger partial charge is 0.254 e. The van der Waals surface area contributed by atoms with Crippen LogP contribution < -0.4 is 4.90 Å². The molecule has 3 aliphatic rings. The number of fused-ring (bicyclic) bond motifs is 1. The van der Waals surface area contributed by atoms with Gasteiger partial charge in [0.05, 0.1) is 18.3 Å². The minimum atomic E-state index is -0.0275. The minimum Gasteiger partial charge on any atom is -0.356 e. The van der Waals surface area contributed by atoms with Crippen LogP contribution in [-0.4, -0.2) is 33.9 Å². The van der Waals surface area contributed by atoms with Crippen LogP contribution in [0.1, 0.15) is 65.6 Å². The zero-order valence-corrected chi connectivity index (χ0v) is 15.5. The standard InChI is InChI=1S/C20H21ClN4O/c1-12-17-16(11-25(12)20(26)14-4-2-5-15(21)10-14)22-18(13-6-7-13)23-19(17)24-8-3-9-24/h2,4-5,10,12-13H,3,6-9,11H2,1H3. The highest BCUT2D eigenvalue weighted by Gasteiger charge is 2.39. The van der Waals surface area contributed by atoms with Crippen molar-refractivity contribution in [2.24, 2.45) is 0 Å². The molecule has 1 aliphatic carbocycles. The fourth-order valence-corrected chi connectivity index (χ4v) is 4.04. The lowest BCUT2D eigenvalue weighted by Gasteiger charge is -2.34. The third-order valence-corrected chi connectivity index (χ3v) is 5.89.